The van der Waals surface area contributed by atoms with Gasteiger partial charge in [0.1, 0.15) is 5.76 Å². The molecule has 3 rings (SSSR count). The van der Waals surface area contributed by atoms with E-state index in [1.54, 1.807) is 23.5 Å². The van der Waals surface area contributed by atoms with Crippen LogP contribution in [0.25, 0.3) is 0 Å². The molecule has 0 spiro atoms. The number of furan rings is 1. The van der Waals surface area contributed by atoms with Gasteiger partial charge in [0.2, 0.25) is 5.09 Å². The minimum absolute atomic E-state index is 0.0133. The molecule has 1 fully saturated rings. The lowest BCUT2D eigenvalue weighted by molar-refractivity contribution is 0.223. The minimum atomic E-state index is -3.50. The van der Waals surface area contributed by atoms with Crippen LogP contribution < -0.4 is 0 Å². The Kier molecular flexibility index (Phi) is 4.40. The highest BCUT2D eigenvalue weighted by atomic mass is 32.2. The molecule has 1 saturated heterocycles. The summed E-state index contributed by atoms with van der Waals surface area (Å²) in [7, 11) is -0.487. The number of thiophene rings is 1. The molecule has 3 heterocycles. The van der Waals surface area contributed by atoms with Gasteiger partial charge in [0.25, 0.3) is 10.0 Å². The first-order valence-corrected chi connectivity index (χ1v) is 9.59. The molecule has 0 bridgehead atoms. The van der Waals surface area contributed by atoms with Crippen molar-refractivity contribution in [2.45, 2.75) is 30.5 Å². The van der Waals surface area contributed by atoms with E-state index in [0.29, 0.717) is 18.3 Å². The second kappa shape index (κ2) is 6.16. The third kappa shape index (κ3) is 2.99. The van der Waals surface area contributed by atoms with Gasteiger partial charge in [-0.05, 0) is 43.0 Å². The fourth-order valence-corrected chi connectivity index (χ4v) is 4.49. The van der Waals surface area contributed by atoms with Crippen LogP contribution in [-0.4, -0.2) is 38.3 Å². The topological polar surface area (TPSA) is 53.8 Å². The molecular formula is C15H20N2O3S2. The Labute approximate surface area is 135 Å². The van der Waals surface area contributed by atoms with E-state index in [-0.39, 0.29) is 5.09 Å². The molecule has 0 N–H and O–H groups in total. The van der Waals surface area contributed by atoms with Crippen molar-refractivity contribution < 1.29 is 12.8 Å². The molecule has 1 aliphatic rings. The predicted octanol–water partition coefficient (Wildman–Crippen LogP) is 2.93. The zero-order valence-electron chi connectivity index (χ0n) is 12.7. The lowest BCUT2D eigenvalue weighted by Gasteiger charge is -2.22. The summed E-state index contributed by atoms with van der Waals surface area (Å²) in [6.07, 6.45) is 2.30. The Morgan fingerprint density at radius 1 is 1.36 bits per heavy atom. The number of rotatable bonds is 5. The normalized spacial score (nSPS) is 20.0. The minimum Gasteiger partial charge on any atom is -0.447 e. The zero-order chi connectivity index (χ0) is 15.7. The number of nitrogens with zero attached hydrogens (tertiary/aromatic N) is 2. The van der Waals surface area contributed by atoms with Crippen molar-refractivity contribution >= 4 is 21.4 Å². The maximum atomic E-state index is 12.1. The van der Waals surface area contributed by atoms with E-state index >= 15 is 0 Å². The SMILES string of the molecule is CN(C)S(=O)(=O)c1ccc(CN2CCC[C@@H]2c2cccs2)o1. The van der Waals surface area contributed by atoms with Crippen LogP contribution in [0, 0.1) is 0 Å². The molecule has 0 amide bonds. The molecule has 1 aliphatic heterocycles. The van der Waals surface area contributed by atoms with Crippen LogP contribution in [0.4, 0.5) is 0 Å². The van der Waals surface area contributed by atoms with Crippen molar-refractivity contribution in [1.82, 2.24) is 9.21 Å². The Bertz CT molecular complexity index is 720. The van der Waals surface area contributed by atoms with Crippen molar-refractivity contribution in [3.05, 3.63) is 40.3 Å². The van der Waals surface area contributed by atoms with Crippen LogP contribution in [-0.2, 0) is 16.6 Å². The van der Waals surface area contributed by atoms with Crippen molar-refractivity contribution in [2.24, 2.45) is 0 Å². The quantitative estimate of drug-likeness (QED) is 0.840. The molecule has 5 nitrogen and oxygen atoms in total. The molecule has 1 atom stereocenters. The Balaban J connectivity index is 1.75. The van der Waals surface area contributed by atoms with E-state index in [4.69, 9.17) is 4.42 Å². The number of likely N-dealkylation sites (tertiary alicyclic amines) is 1. The van der Waals surface area contributed by atoms with Gasteiger partial charge in [-0.2, -0.15) is 0 Å². The van der Waals surface area contributed by atoms with Gasteiger partial charge in [-0.1, -0.05) is 6.07 Å². The van der Waals surface area contributed by atoms with Crippen LogP contribution in [0.2, 0.25) is 0 Å². The summed E-state index contributed by atoms with van der Waals surface area (Å²) >= 11 is 1.77. The van der Waals surface area contributed by atoms with Gasteiger partial charge in [-0.25, -0.2) is 12.7 Å². The van der Waals surface area contributed by atoms with E-state index < -0.39 is 10.0 Å². The fourth-order valence-electron chi connectivity index (χ4n) is 2.78. The first kappa shape index (κ1) is 15.7. The third-order valence-electron chi connectivity index (χ3n) is 3.97. The van der Waals surface area contributed by atoms with Crippen LogP contribution in [0.1, 0.15) is 29.5 Å². The van der Waals surface area contributed by atoms with Crippen molar-refractivity contribution in [1.29, 1.82) is 0 Å². The summed E-state index contributed by atoms with van der Waals surface area (Å²) in [6, 6.07) is 7.96. The van der Waals surface area contributed by atoms with Crippen molar-refractivity contribution in [2.75, 3.05) is 20.6 Å². The first-order chi connectivity index (χ1) is 10.5. The fraction of sp³-hybridized carbons (Fsp3) is 0.467. The Morgan fingerprint density at radius 3 is 2.86 bits per heavy atom. The van der Waals surface area contributed by atoms with E-state index in [0.717, 1.165) is 19.4 Å². The van der Waals surface area contributed by atoms with Gasteiger partial charge in [-0.3, -0.25) is 4.90 Å². The largest absolute Gasteiger partial charge is 0.447 e. The molecular weight excluding hydrogens is 320 g/mol. The molecule has 2 aromatic rings. The van der Waals surface area contributed by atoms with E-state index in [1.807, 2.05) is 0 Å². The lowest BCUT2D eigenvalue weighted by atomic mass is 10.2. The first-order valence-electron chi connectivity index (χ1n) is 7.27. The smallest absolute Gasteiger partial charge is 0.275 e. The zero-order valence-corrected chi connectivity index (χ0v) is 14.4. The van der Waals surface area contributed by atoms with Gasteiger partial charge < -0.3 is 4.42 Å². The van der Waals surface area contributed by atoms with Gasteiger partial charge in [0.05, 0.1) is 6.54 Å². The Morgan fingerprint density at radius 2 is 2.18 bits per heavy atom. The van der Waals surface area contributed by atoms with Crippen LogP contribution in [0.5, 0.6) is 0 Å². The van der Waals surface area contributed by atoms with Crippen LogP contribution >= 0.6 is 11.3 Å². The maximum absolute atomic E-state index is 12.1. The van der Waals surface area contributed by atoms with E-state index in [1.165, 1.54) is 23.3 Å². The molecule has 0 aromatic carbocycles. The van der Waals surface area contributed by atoms with Gasteiger partial charge in [0, 0.05) is 25.0 Å². The highest BCUT2D eigenvalue weighted by Crippen LogP contribution is 2.35. The van der Waals surface area contributed by atoms with Crippen LogP contribution in [0.3, 0.4) is 0 Å². The van der Waals surface area contributed by atoms with E-state index in [9.17, 15) is 8.42 Å². The number of sulfonamides is 1. The van der Waals surface area contributed by atoms with Gasteiger partial charge in [-0.15, -0.1) is 11.3 Å². The van der Waals surface area contributed by atoms with Crippen molar-refractivity contribution in [3.63, 3.8) is 0 Å². The highest BCUT2D eigenvalue weighted by molar-refractivity contribution is 7.88. The summed E-state index contributed by atoms with van der Waals surface area (Å²) in [6.45, 7) is 1.66. The lowest BCUT2D eigenvalue weighted by Crippen LogP contribution is -2.22. The molecule has 0 radical (unpaired) electrons. The summed E-state index contributed by atoms with van der Waals surface area (Å²) < 4.78 is 30.8. The number of hydrogen-bond acceptors (Lipinski definition) is 5. The molecule has 0 aliphatic carbocycles. The van der Waals surface area contributed by atoms with E-state index in [2.05, 4.69) is 22.4 Å². The molecule has 7 heteroatoms. The molecule has 22 heavy (non-hydrogen) atoms. The maximum Gasteiger partial charge on any atom is 0.275 e. The average molecular weight is 340 g/mol. The number of hydrogen-bond donors (Lipinski definition) is 0. The molecule has 2 aromatic heterocycles. The Hall–Kier alpha value is -1.15. The monoisotopic (exact) mass is 340 g/mol. The van der Waals surface area contributed by atoms with Gasteiger partial charge in [0.15, 0.2) is 0 Å². The highest BCUT2D eigenvalue weighted by Gasteiger charge is 2.28. The second-order valence-electron chi connectivity index (χ2n) is 5.65. The predicted molar refractivity (Wildman–Crippen MR) is 86.3 cm³/mol. The molecule has 120 valence electrons. The second-order valence-corrected chi connectivity index (χ2v) is 8.71. The third-order valence-corrected chi connectivity index (χ3v) is 6.63. The summed E-state index contributed by atoms with van der Waals surface area (Å²) in [5.41, 5.74) is 0. The van der Waals surface area contributed by atoms with Crippen LogP contribution in [0.15, 0.2) is 39.2 Å². The summed E-state index contributed by atoms with van der Waals surface area (Å²) in [4.78, 5) is 3.72. The molecule has 0 unspecified atom stereocenters. The summed E-state index contributed by atoms with van der Waals surface area (Å²) in [5, 5.41) is 2.11. The van der Waals surface area contributed by atoms with Gasteiger partial charge >= 0.3 is 0 Å². The average Bonchev–Trinajstić information content (AvgIpc) is 3.19. The standard InChI is InChI=1S/C15H20N2O3S2/c1-16(2)22(18,19)15-8-7-12(20-15)11-17-9-3-5-13(17)14-6-4-10-21-14/h4,6-8,10,13H,3,5,9,11H2,1-2H3/t13-/m1/s1. The molecule has 0 saturated carbocycles. The summed E-state index contributed by atoms with van der Waals surface area (Å²) in [5.74, 6) is 0.698. The van der Waals surface area contributed by atoms with Crippen molar-refractivity contribution in [3.8, 4) is 0 Å².